The van der Waals surface area contributed by atoms with E-state index in [0.717, 1.165) is 0 Å². The van der Waals surface area contributed by atoms with Gasteiger partial charge in [0.15, 0.2) is 23.2 Å². The molecule has 0 saturated carbocycles. The van der Waals surface area contributed by atoms with Crippen molar-refractivity contribution in [3.05, 3.63) is 74.6 Å². The first-order valence-corrected chi connectivity index (χ1v) is 23.2. The number of amides is 4. The highest BCUT2D eigenvalue weighted by Gasteiger charge is 2.48. The molecule has 2 aromatic heterocycles. The molecule has 0 bridgehead atoms. The van der Waals surface area contributed by atoms with Crippen molar-refractivity contribution in [2.45, 2.75) is 103 Å². The van der Waals surface area contributed by atoms with Crippen LogP contribution in [0.1, 0.15) is 67.9 Å². The minimum absolute atomic E-state index is 0.00124. The molecular weight excluding hydrogens is 981 g/mol. The molecule has 0 spiro atoms. The molecule has 2 aromatic carbocycles. The van der Waals surface area contributed by atoms with Crippen LogP contribution in [-0.4, -0.2) is 133 Å². The number of nitrogens with one attached hydrogen (secondary N) is 4. The van der Waals surface area contributed by atoms with Crippen molar-refractivity contribution in [3.8, 4) is 28.6 Å². The molecule has 8 rings (SSSR count). The summed E-state index contributed by atoms with van der Waals surface area (Å²) in [5.41, 5.74) is -0.154. The van der Waals surface area contributed by atoms with Crippen molar-refractivity contribution in [3.63, 3.8) is 0 Å². The maximum Gasteiger partial charge on any atom is 0.407 e. The molecule has 4 aliphatic heterocycles. The van der Waals surface area contributed by atoms with Gasteiger partial charge in [0.2, 0.25) is 30.8 Å². The van der Waals surface area contributed by atoms with Crippen molar-refractivity contribution in [2.75, 3.05) is 25.2 Å². The van der Waals surface area contributed by atoms with E-state index in [-0.39, 0.29) is 92.9 Å². The minimum atomic E-state index is -2.11. The first-order chi connectivity index (χ1) is 35.1. The number of carbonyl (C=O) groups excluding carboxylic acids is 5. The van der Waals surface area contributed by atoms with Crippen molar-refractivity contribution in [1.82, 2.24) is 25.5 Å². The number of aliphatic hydroxyl groups excluding tert-OH is 3. The van der Waals surface area contributed by atoms with Crippen LogP contribution < -0.4 is 41.0 Å². The molecule has 4 aromatic rings. The third-order valence-corrected chi connectivity index (χ3v) is 13.0. The number of rotatable bonds is 18. The maximum absolute atomic E-state index is 13.8. The van der Waals surface area contributed by atoms with Gasteiger partial charge in [-0.2, -0.15) is 0 Å². The predicted octanol–water partition coefficient (Wildman–Crippen LogP) is -0.186. The van der Waals surface area contributed by atoms with E-state index in [1.165, 1.54) is 35.8 Å². The Bertz CT molecular complexity index is 3010. The zero-order valence-electron chi connectivity index (χ0n) is 39.9. The van der Waals surface area contributed by atoms with Gasteiger partial charge in [-0.05, 0) is 48.2 Å². The zero-order valence-corrected chi connectivity index (χ0v) is 39.9. The van der Waals surface area contributed by atoms with Gasteiger partial charge in [-0.3, -0.25) is 24.0 Å². The molecule has 26 nitrogen and oxygen atoms in total. The fourth-order valence-corrected chi connectivity index (χ4v) is 8.82. The van der Waals surface area contributed by atoms with Crippen LogP contribution in [-0.2, 0) is 74.9 Å². The number of hydrogen-bond acceptors (Lipinski definition) is 19. The average molecular weight is 1030 g/mol. The van der Waals surface area contributed by atoms with E-state index in [1.807, 2.05) is 0 Å². The topological polar surface area (TPSA) is 379 Å². The van der Waals surface area contributed by atoms with E-state index < -0.39 is 96.1 Å². The zero-order chi connectivity index (χ0) is 53.3. The number of carboxylic acid groups (broad SMARTS) is 2. The first-order valence-electron chi connectivity index (χ1n) is 23.2. The number of alkyl carbamates (subject to hydrolysis) is 1. The number of aliphatic carboxylic acids is 2. The number of esters is 1. The molecule has 0 aliphatic carbocycles. The Hall–Kier alpha value is -7.91. The monoisotopic (exact) mass is 1030 g/mol. The lowest BCUT2D eigenvalue weighted by molar-refractivity contribution is -0.271. The first kappa shape index (κ1) is 52.4. The van der Waals surface area contributed by atoms with Crippen LogP contribution in [0.4, 0.5) is 10.5 Å². The largest absolute Gasteiger partial charge is 0.481 e. The second-order valence-electron chi connectivity index (χ2n) is 18.4. The quantitative estimate of drug-likeness (QED) is 0.0509. The lowest BCUT2D eigenvalue weighted by Gasteiger charge is -2.38. The summed E-state index contributed by atoms with van der Waals surface area (Å²) in [6.45, 7) is 3.31. The fourth-order valence-electron chi connectivity index (χ4n) is 8.82. The maximum atomic E-state index is 13.8. The number of nitrogens with zero attached hydrogens (tertiary/aromatic N) is 2. The fraction of sp³-hybridized carbons (Fsp3) is 0.438. The predicted molar refractivity (Wildman–Crippen MR) is 249 cm³/mol. The molecule has 74 heavy (non-hydrogen) atoms. The molecule has 394 valence electrons. The van der Waals surface area contributed by atoms with E-state index in [9.17, 15) is 69.0 Å². The van der Waals surface area contributed by atoms with Crippen LogP contribution in [0.5, 0.6) is 17.2 Å². The number of fused-ring (bicyclic) bond motifs is 6. The van der Waals surface area contributed by atoms with Crippen LogP contribution in [0.2, 0.25) is 0 Å². The third-order valence-electron chi connectivity index (χ3n) is 13.0. The molecule has 7 atom stereocenters. The van der Waals surface area contributed by atoms with Gasteiger partial charge in [-0.15, -0.1) is 0 Å². The number of carboxylic acids is 2. The summed E-state index contributed by atoms with van der Waals surface area (Å²) in [5, 5.41) is 72.0. The summed E-state index contributed by atoms with van der Waals surface area (Å²) in [5.74, 6) is -6.09. The Kier molecular flexibility index (Phi) is 15.1. The highest BCUT2D eigenvalue weighted by Crippen LogP contribution is 2.43. The average Bonchev–Trinajstić information content (AvgIpc) is 3.97. The van der Waals surface area contributed by atoms with E-state index in [1.54, 1.807) is 26.0 Å². The summed E-state index contributed by atoms with van der Waals surface area (Å²) >= 11 is 0. The number of cyclic esters (lactones) is 1. The van der Waals surface area contributed by atoms with E-state index in [2.05, 4.69) is 21.3 Å². The van der Waals surface area contributed by atoms with Crippen molar-refractivity contribution < 1.29 is 92.6 Å². The smallest absolute Gasteiger partial charge is 0.407 e. The van der Waals surface area contributed by atoms with Gasteiger partial charge >= 0.3 is 24.0 Å². The number of aliphatic hydroxyl groups is 4. The van der Waals surface area contributed by atoms with Gasteiger partial charge in [-0.1, -0.05) is 19.9 Å². The van der Waals surface area contributed by atoms with Crippen molar-refractivity contribution >= 4 is 58.3 Å². The Morgan fingerprint density at radius 1 is 0.865 bits per heavy atom. The molecule has 1 saturated heterocycles. The summed E-state index contributed by atoms with van der Waals surface area (Å²) in [6.07, 6.45) is -11.6. The number of carbonyl (C=O) groups is 7. The lowest BCUT2D eigenvalue weighted by Crippen LogP contribution is -2.61. The standard InChI is InChI=1S/C48H52N6O20/c1-20(2)22(43(62)63)12-36(57)50-8-6-34(55)49-9-7-35(56)52-29-10-21(4-5-31(29)73-45-40(60)38(58)39(59)41(74-45)44(64)65)17-70-47(67)51-15-24-23-11-32-33(72-19-71-32)14-28(23)53-37-25(24)16-54-30(37)13-27-26(42(54)61)18-69-46(66)48(27,3)68/h4-5,10-11,13-14,20,22,38-41,45,58-60,68H,6-9,12,15-19H2,1-3H3,(H,49,55)(H,50,57)(H,51,67)(H,52,56)(H,62,63)(H,64,65)/t22?,38?,39-,40?,41?,45+,48-/m0/s1. The van der Waals surface area contributed by atoms with Crippen LogP contribution in [0, 0.1) is 11.8 Å². The van der Waals surface area contributed by atoms with Crippen LogP contribution in [0.25, 0.3) is 22.3 Å². The molecule has 4 amide bonds. The van der Waals surface area contributed by atoms with Crippen LogP contribution >= 0.6 is 0 Å². The molecule has 10 N–H and O–H groups in total. The SMILES string of the molecule is CC(C)C(CC(=O)NCCC(=O)NCCC(=O)Nc1cc(COC(=O)NCc2c3c(nc4cc5c(cc24)OCO5)-c2cc4c(c(=O)n2C3)COC(=O)[C@@]4(C)O)ccc1O[C@@H]1OC(C(=O)O)[C@@H](O)C(O)C1O)C(=O)O. The molecule has 0 radical (unpaired) electrons. The van der Waals surface area contributed by atoms with Gasteiger partial charge in [0.25, 0.3) is 5.56 Å². The van der Waals surface area contributed by atoms with Crippen LogP contribution in [0.3, 0.4) is 0 Å². The molecule has 26 heteroatoms. The number of anilines is 1. The Labute approximate surface area is 418 Å². The molecule has 4 unspecified atom stereocenters. The summed E-state index contributed by atoms with van der Waals surface area (Å²) in [6, 6.07) is 8.84. The summed E-state index contributed by atoms with van der Waals surface area (Å²) in [7, 11) is 0. The summed E-state index contributed by atoms with van der Waals surface area (Å²) in [4.78, 5) is 106. The number of ether oxygens (including phenoxy) is 6. The van der Waals surface area contributed by atoms with Gasteiger partial charge in [0.1, 0.15) is 37.3 Å². The van der Waals surface area contributed by atoms with E-state index in [0.29, 0.717) is 44.9 Å². The van der Waals surface area contributed by atoms with Gasteiger partial charge < -0.3 is 84.9 Å². The minimum Gasteiger partial charge on any atom is -0.481 e. The van der Waals surface area contributed by atoms with Crippen molar-refractivity contribution in [1.29, 1.82) is 0 Å². The number of hydrogen-bond donors (Lipinski definition) is 10. The highest BCUT2D eigenvalue weighted by molar-refractivity contribution is 5.93. The Morgan fingerprint density at radius 3 is 2.27 bits per heavy atom. The normalized spacial score (nSPS) is 21.6. The second-order valence-corrected chi connectivity index (χ2v) is 18.4. The summed E-state index contributed by atoms with van der Waals surface area (Å²) < 4.78 is 34.3. The molecule has 1 fully saturated rings. The molecular formula is C48H52N6O20. The van der Waals surface area contributed by atoms with Crippen molar-refractivity contribution in [2.24, 2.45) is 11.8 Å². The van der Waals surface area contributed by atoms with Gasteiger partial charge in [0, 0.05) is 61.5 Å². The van der Waals surface area contributed by atoms with Gasteiger partial charge in [0.05, 0.1) is 40.6 Å². The lowest BCUT2D eigenvalue weighted by atomic mass is 9.89. The Morgan fingerprint density at radius 2 is 1.57 bits per heavy atom. The Balaban J connectivity index is 0.958. The van der Waals surface area contributed by atoms with Crippen LogP contribution in [0.15, 0.2) is 41.2 Å². The van der Waals surface area contributed by atoms with Gasteiger partial charge in [-0.25, -0.2) is 19.4 Å². The number of pyridine rings is 2. The highest BCUT2D eigenvalue weighted by atomic mass is 16.7. The third kappa shape index (κ3) is 10.7. The van der Waals surface area contributed by atoms with E-state index in [4.69, 9.17) is 33.4 Å². The number of benzene rings is 2. The molecule has 4 aliphatic rings. The number of aromatic nitrogens is 2. The second kappa shape index (κ2) is 21.3. The van der Waals surface area contributed by atoms with E-state index >= 15 is 0 Å². The molecule has 6 heterocycles.